The molecule has 0 saturated carbocycles. The fourth-order valence-corrected chi connectivity index (χ4v) is 1.38. The van der Waals surface area contributed by atoms with Gasteiger partial charge in [0.05, 0.1) is 0 Å². The Morgan fingerprint density at radius 2 is 2.06 bits per heavy atom. The van der Waals surface area contributed by atoms with Crippen LogP contribution < -0.4 is 0 Å². The largest absolute Gasteiger partial charge is 0.474 e. The van der Waals surface area contributed by atoms with Crippen molar-refractivity contribution in [1.29, 1.82) is 0 Å². The smallest absolute Gasteiger partial charge is 0.393 e. The second-order valence-corrected chi connectivity index (χ2v) is 3.54. The minimum Gasteiger partial charge on any atom is -0.474 e. The molecule has 0 aliphatic rings. The lowest BCUT2D eigenvalue weighted by atomic mass is 10.1. The van der Waals surface area contributed by atoms with Gasteiger partial charge in [-0.15, -0.1) is 10.2 Å². The molecule has 1 aromatic carbocycles. The highest BCUT2D eigenvalue weighted by atomic mass is 16.4. The second-order valence-electron chi connectivity index (χ2n) is 3.54. The standard InChI is InChI=1S/C11H10N2O3/c1-6-3-4-7(2)8(5-6)9-12-13-10(16-9)11(14)15/h3-5H,1-2H3,(H,14,15). The van der Waals surface area contributed by atoms with Crippen LogP contribution in [0.5, 0.6) is 0 Å². The lowest BCUT2D eigenvalue weighted by Gasteiger charge is -2.01. The van der Waals surface area contributed by atoms with E-state index in [4.69, 9.17) is 9.52 Å². The molecule has 16 heavy (non-hydrogen) atoms. The molecule has 2 aromatic rings. The molecule has 1 N–H and O–H groups in total. The molecule has 0 radical (unpaired) electrons. The molecule has 0 unspecified atom stereocenters. The first-order valence-corrected chi connectivity index (χ1v) is 4.72. The van der Waals surface area contributed by atoms with Crippen LogP contribution in [0.4, 0.5) is 0 Å². The van der Waals surface area contributed by atoms with Crippen molar-refractivity contribution in [3.05, 3.63) is 35.2 Å². The monoisotopic (exact) mass is 218 g/mol. The zero-order chi connectivity index (χ0) is 11.7. The third kappa shape index (κ3) is 1.79. The fraction of sp³-hybridized carbons (Fsp3) is 0.182. The maximum Gasteiger partial charge on any atom is 0.393 e. The van der Waals surface area contributed by atoms with Gasteiger partial charge in [-0.05, 0) is 25.5 Å². The summed E-state index contributed by atoms with van der Waals surface area (Å²) >= 11 is 0. The van der Waals surface area contributed by atoms with Crippen LogP contribution >= 0.6 is 0 Å². The van der Waals surface area contributed by atoms with Crippen LogP contribution in [-0.2, 0) is 0 Å². The Morgan fingerprint density at radius 3 is 2.69 bits per heavy atom. The molecule has 82 valence electrons. The first-order chi connectivity index (χ1) is 7.58. The number of hydrogen-bond acceptors (Lipinski definition) is 4. The maximum atomic E-state index is 10.6. The zero-order valence-electron chi connectivity index (χ0n) is 8.89. The number of aryl methyl sites for hydroxylation is 2. The molecule has 5 heteroatoms. The molecule has 0 aliphatic heterocycles. The lowest BCUT2D eigenvalue weighted by Crippen LogP contribution is -1.95. The SMILES string of the molecule is Cc1ccc(C)c(-c2nnc(C(=O)O)o2)c1. The molecule has 5 nitrogen and oxygen atoms in total. The van der Waals surface area contributed by atoms with Crippen molar-refractivity contribution < 1.29 is 14.3 Å². The highest BCUT2D eigenvalue weighted by Crippen LogP contribution is 2.23. The molecule has 2 rings (SSSR count). The zero-order valence-corrected chi connectivity index (χ0v) is 8.89. The van der Waals surface area contributed by atoms with Crippen molar-refractivity contribution in [2.24, 2.45) is 0 Å². The van der Waals surface area contributed by atoms with Crippen LogP contribution in [0, 0.1) is 13.8 Å². The number of aromatic nitrogens is 2. The Hall–Kier alpha value is -2.17. The lowest BCUT2D eigenvalue weighted by molar-refractivity contribution is 0.0654. The number of nitrogens with zero attached hydrogens (tertiary/aromatic N) is 2. The van der Waals surface area contributed by atoms with Gasteiger partial charge >= 0.3 is 11.9 Å². The first kappa shape index (κ1) is 10.4. The van der Waals surface area contributed by atoms with Crippen molar-refractivity contribution in [2.75, 3.05) is 0 Å². The molecule has 0 fully saturated rings. The number of hydrogen-bond donors (Lipinski definition) is 1. The molecular weight excluding hydrogens is 208 g/mol. The van der Waals surface area contributed by atoms with E-state index in [0.29, 0.717) is 0 Å². The Kier molecular flexibility index (Phi) is 2.44. The van der Waals surface area contributed by atoms with Gasteiger partial charge in [0.1, 0.15) is 0 Å². The quantitative estimate of drug-likeness (QED) is 0.834. The Balaban J connectivity index is 2.50. The van der Waals surface area contributed by atoms with Gasteiger partial charge in [-0.1, -0.05) is 17.7 Å². The Morgan fingerprint density at radius 1 is 1.31 bits per heavy atom. The molecule has 1 aromatic heterocycles. The second kappa shape index (κ2) is 3.77. The summed E-state index contributed by atoms with van der Waals surface area (Å²) in [6.07, 6.45) is 0. The van der Waals surface area contributed by atoms with Crippen molar-refractivity contribution in [3.8, 4) is 11.5 Å². The summed E-state index contributed by atoms with van der Waals surface area (Å²) in [5.41, 5.74) is 2.78. The van der Waals surface area contributed by atoms with Crippen LogP contribution in [0.2, 0.25) is 0 Å². The van der Waals surface area contributed by atoms with Gasteiger partial charge < -0.3 is 9.52 Å². The van der Waals surface area contributed by atoms with Gasteiger partial charge in [0, 0.05) is 5.56 Å². The average Bonchev–Trinajstić information content (AvgIpc) is 2.70. The average molecular weight is 218 g/mol. The van der Waals surface area contributed by atoms with Crippen molar-refractivity contribution in [1.82, 2.24) is 10.2 Å². The van der Waals surface area contributed by atoms with Crippen LogP contribution in [-0.4, -0.2) is 21.3 Å². The minimum absolute atomic E-state index is 0.235. The maximum absolute atomic E-state index is 10.6. The van der Waals surface area contributed by atoms with E-state index < -0.39 is 11.9 Å². The van der Waals surface area contributed by atoms with Crippen LogP contribution in [0.1, 0.15) is 21.8 Å². The predicted octanol–water partition coefficient (Wildman–Crippen LogP) is 2.05. The number of carbonyl (C=O) groups is 1. The van der Waals surface area contributed by atoms with Crippen LogP contribution in [0.25, 0.3) is 11.5 Å². The molecule has 0 aliphatic carbocycles. The van der Waals surface area contributed by atoms with Crippen molar-refractivity contribution >= 4 is 5.97 Å². The summed E-state index contributed by atoms with van der Waals surface area (Å²) in [7, 11) is 0. The fourth-order valence-electron chi connectivity index (χ4n) is 1.38. The molecule has 0 bridgehead atoms. The van der Waals surface area contributed by atoms with E-state index in [9.17, 15) is 4.79 Å². The van der Waals surface area contributed by atoms with E-state index >= 15 is 0 Å². The summed E-state index contributed by atoms with van der Waals surface area (Å²) in [5, 5.41) is 15.8. The normalized spacial score (nSPS) is 10.4. The van der Waals surface area contributed by atoms with E-state index in [-0.39, 0.29) is 5.89 Å². The number of rotatable bonds is 2. The number of carboxylic acid groups (broad SMARTS) is 1. The van der Waals surface area contributed by atoms with E-state index in [2.05, 4.69) is 10.2 Å². The Bertz CT molecular complexity index is 546. The summed E-state index contributed by atoms with van der Waals surface area (Å²) in [5.74, 6) is -1.38. The molecule has 0 amide bonds. The van der Waals surface area contributed by atoms with Crippen LogP contribution in [0.3, 0.4) is 0 Å². The molecule has 0 atom stereocenters. The summed E-state index contributed by atoms with van der Waals surface area (Å²) < 4.78 is 5.05. The van der Waals surface area contributed by atoms with E-state index in [1.54, 1.807) is 0 Å². The molecule has 0 saturated heterocycles. The van der Waals surface area contributed by atoms with Crippen LogP contribution in [0.15, 0.2) is 22.6 Å². The minimum atomic E-state index is -1.22. The third-order valence-corrected chi connectivity index (χ3v) is 2.23. The predicted molar refractivity (Wildman–Crippen MR) is 56.2 cm³/mol. The summed E-state index contributed by atoms with van der Waals surface area (Å²) in [4.78, 5) is 10.6. The van der Waals surface area contributed by atoms with Gasteiger partial charge in [0.2, 0.25) is 5.89 Å². The number of aromatic carboxylic acids is 1. The summed E-state index contributed by atoms with van der Waals surface area (Å²) in [6, 6.07) is 5.77. The van der Waals surface area contributed by atoms with Gasteiger partial charge in [-0.3, -0.25) is 0 Å². The highest BCUT2D eigenvalue weighted by Gasteiger charge is 2.15. The van der Waals surface area contributed by atoms with E-state index in [1.807, 2.05) is 32.0 Å². The van der Waals surface area contributed by atoms with Gasteiger partial charge in [0.15, 0.2) is 0 Å². The first-order valence-electron chi connectivity index (χ1n) is 4.72. The highest BCUT2D eigenvalue weighted by molar-refractivity contribution is 5.82. The number of benzene rings is 1. The van der Waals surface area contributed by atoms with Gasteiger partial charge in [-0.2, -0.15) is 0 Å². The van der Waals surface area contributed by atoms with Crippen molar-refractivity contribution in [2.45, 2.75) is 13.8 Å². The molecule has 0 spiro atoms. The molecular formula is C11H10N2O3. The molecule has 1 heterocycles. The van der Waals surface area contributed by atoms with Crippen molar-refractivity contribution in [3.63, 3.8) is 0 Å². The topological polar surface area (TPSA) is 76.2 Å². The van der Waals surface area contributed by atoms with E-state index in [1.165, 1.54) is 0 Å². The third-order valence-electron chi connectivity index (χ3n) is 2.23. The Labute approximate surface area is 91.7 Å². The van der Waals surface area contributed by atoms with Gasteiger partial charge in [-0.25, -0.2) is 4.79 Å². The van der Waals surface area contributed by atoms with Gasteiger partial charge in [0.25, 0.3) is 0 Å². The summed E-state index contributed by atoms with van der Waals surface area (Å²) in [6.45, 7) is 3.84. The number of carboxylic acids is 1. The van der Waals surface area contributed by atoms with E-state index in [0.717, 1.165) is 16.7 Å².